The SMILES string of the molecule is CCOC(=O)/C=C(\C)C(O)CC(C)=O. The van der Waals surface area contributed by atoms with Gasteiger partial charge in [0.1, 0.15) is 5.78 Å². The molecule has 0 heterocycles. The molecule has 0 aliphatic rings. The van der Waals surface area contributed by atoms with Gasteiger partial charge in [0.2, 0.25) is 0 Å². The lowest BCUT2D eigenvalue weighted by Gasteiger charge is -2.08. The number of ketones is 1. The van der Waals surface area contributed by atoms with Crippen molar-refractivity contribution < 1.29 is 19.4 Å². The van der Waals surface area contributed by atoms with Crippen LogP contribution in [0.4, 0.5) is 0 Å². The Bertz CT molecular complexity index is 243. The third-order valence-electron chi connectivity index (χ3n) is 1.64. The summed E-state index contributed by atoms with van der Waals surface area (Å²) in [6.07, 6.45) is 0.343. The molecule has 1 unspecified atom stereocenters. The van der Waals surface area contributed by atoms with E-state index in [4.69, 9.17) is 0 Å². The summed E-state index contributed by atoms with van der Waals surface area (Å²) < 4.78 is 4.66. The van der Waals surface area contributed by atoms with Gasteiger partial charge in [0.15, 0.2) is 0 Å². The zero-order chi connectivity index (χ0) is 11.1. The van der Waals surface area contributed by atoms with Crippen molar-refractivity contribution in [2.75, 3.05) is 6.61 Å². The third-order valence-corrected chi connectivity index (χ3v) is 1.64. The van der Waals surface area contributed by atoms with Gasteiger partial charge in [-0.1, -0.05) is 0 Å². The monoisotopic (exact) mass is 200 g/mol. The molecule has 1 atom stereocenters. The first kappa shape index (κ1) is 12.8. The molecule has 0 rings (SSSR count). The van der Waals surface area contributed by atoms with E-state index < -0.39 is 12.1 Å². The molecule has 14 heavy (non-hydrogen) atoms. The van der Waals surface area contributed by atoms with E-state index in [0.717, 1.165) is 0 Å². The Morgan fingerprint density at radius 1 is 1.43 bits per heavy atom. The van der Waals surface area contributed by atoms with Gasteiger partial charge in [-0.25, -0.2) is 4.79 Å². The minimum atomic E-state index is -0.892. The van der Waals surface area contributed by atoms with Crippen molar-refractivity contribution in [2.45, 2.75) is 33.3 Å². The molecule has 0 saturated carbocycles. The second-order valence-electron chi connectivity index (χ2n) is 3.06. The van der Waals surface area contributed by atoms with E-state index in [-0.39, 0.29) is 12.2 Å². The highest BCUT2D eigenvalue weighted by molar-refractivity contribution is 5.83. The van der Waals surface area contributed by atoms with Crippen LogP contribution in [0.3, 0.4) is 0 Å². The molecule has 0 saturated heterocycles. The first-order valence-electron chi connectivity index (χ1n) is 4.49. The Morgan fingerprint density at radius 2 is 2.00 bits per heavy atom. The van der Waals surface area contributed by atoms with Crippen molar-refractivity contribution in [2.24, 2.45) is 0 Å². The predicted octanol–water partition coefficient (Wildman–Crippen LogP) is 0.836. The fourth-order valence-corrected chi connectivity index (χ4v) is 0.899. The van der Waals surface area contributed by atoms with E-state index in [2.05, 4.69) is 4.74 Å². The van der Waals surface area contributed by atoms with Gasteiger partial charge in [0.25, 0.3) is 0 Å². The van der Waals surface area contributed by atoms with Crippen LogP contribution in [0.15, 0.2) is 11.6 Å². The highest BCUT2D eigenvalue weighted by Crippen LogP contribution is 2.06. The molecule has 0 spiro atoms. The van der Waals surface area contributed by atoms with E-state index in [0.29, 0.717) is 12.2 Å². The molecule has 4 nitrogen and oxygen atoms in total. The number of aliphatic hydroxyl groups is 1. The lowest BCUT2D eigenvalue weighted by Crippen LogP contribution is -2.14. The molecule has 80 valence electrons. The van der Waals surface area contributed by atoms with Gasteiger partial charge in [-0.05, 0) is 26.3 Å². The molecule has 0 bridgehead atoms. The number of aliphatic hydroxyl groups excluding tert-OH is 1. The summed E-state index contributed by atoms with van der Waals surface area (Å²) >= 11 is 0. The van der Waals surface area contributed by atoms with Crippen LogP contribution in [0.5, 0.6) is 0 Å². The minimum absolute atomic E-state index is 0.0295. The lowest BCUT2D eigenvalue weighted by atomic mass is 10.1. The van der Waals surface area contributed by atoms with E-state index in [1.54, 1.807) is 13.8 Å². The maximum atomic E-state index is 10.9. The molecular formula is C10H16O4. The second-order valence-corrected chi connectivity index (χ2v) is 3.06. The van der Waals surface area contributed by atoms with E-state index in [1.165, 1.54) is 13.0 Å². The molecule has 0 aromatic carbocycles. The molecule has 1 N–H and O–H groups in total. The summed E-state index contributed by atoms with van der Waals surface area (Å²) in [6.45, 7) is 4.98. The van der Waals surface area contributed by atoms with Gasteiger partial charge in [-0.2, -0.15) is 0 Å². The molecular weight excluding hydrogens is 184 g/mol. The quantitative estimate of drug-likeness (QED) is 0.527. The van der Waals surface area contributed by atoms with Gasteiger partial charge < -0.3 is 9.84 Å². The number of esters is 1. The summed E-state index contributed by atoms with van der Waals surface area (Å²) in [5.74, 6) is -0.610. The van der Waals surface area contributed by atoms with Gasteiger partial charge >= 0.3 is 5.97 Å². The second kappa shape index (κ2) is 6.32. The zero-order valence-electron chi connectivity index (χ0n) is 8.74. The maximum Gasteiger partial charge on any atom is 0.330 e. The summed E-state index contributed by atoms with van der Waals surface area (Å²) in [4.78, 5) is 21.6. The van der Waals surface area contributed by atoms with Crippen LogP contribution < -0.4 is 0 Å². The third kappa shape index (κ3) is 5.48. The molecule has 0 aromatic heterocycles. The number of ether oxygens (including phenoxy) is 1. The average molecular weight is 200 g/mol. The zero-order valence-corrected chi connectivity index (χ0v) is 8.74. The van der Waals surface area contributed by atoms with E-state index >= 15 is 0 Å². The lowest BCUT2D eigenvalue weighted by molar-refractivity contribution is -0.137. The van der Waals surface area contributed by atoms with Crippen LogP contribution >= 0.6 is 0 Å². The Hall–Kier alpha value is -1.16. The smallest absolute Gasteiger partial charge is 0.330 e. The Labute approximate surface area is 83.6 Å². The normalized spacial score (nSPS) is 13.6. The minimum Gasteiger partial charge on any atom is -0.463 e. The Balaban J connectivity index is 4.21. The molecule has 0 aliphatic heterocycles. The molecule has 0 amide bonds. The van der Waals surface area contributed by atoms with Gasteiger partial charge in [-0.15, -0.1) is 0 Å². The predicted molar refractivity (Wildman–Crippen MR) is 51.7 cm³/mol. The van der Waals surface area contributed by atoms with Crippen LogP contribution in [0.2, 0.25) is 0 Å². The van der Waals surface area contributed by atoms with Crippen LogP contribution in [-0.2, 0) is 14.3 Å². The van der Waals surface area contributed by atoms with Gasteiger partial charge in [0.05, 0.1) is 12.7 Å². The number of hydrogen-bond donors (Lipinski definition) is 1. The van der Waals surface area contributed by atoms with Crippen molar-refractivity contribution in [1.29, 1.82) is 0 Å². The number of hydrogen-bond acceptors (Lipinski definition) is 4. The van der Waals surface area contributed by atoms with Crippen molar-refractivity contribution in [3.8, 4) is 0 Å². The maximum absolute atomic E-state index is 10.9. The first-order valence-corrected chi connectivity index (χ1v) is 4.49. The average Bonchev–Trinajstić information content (AvgIpc) is 2.02. The number of rotatable bonds is 5. The van der Waals surface area contributed by atoms with Crippen molar-refractivity contribution in [1.82, 2.24) is 0 Å². The van der Waals surface area contributed by atoms with Crippen LogP contribution in [-0.4, -0.2) is 29.6 Å². The van der Waals surface area contributed by atoms with E-state index in [1.807, 2.05) is 0 Å². The Kier molecular flexibility index (Phi) is 5.79. The van der Waals surface area contributed by atoms with E-state index in [9.17, 15) is 14.7 Å². The van der Waals surface area contributed by atoms with Crippen molar-refractivity contribution in [3.05, 3.63) is 11.6 Å². The largest absolute Gasteiger partial charge is 0.463 e. The topological polar surface area (TPSA) is 63.6 Å². The fraction of sp³-hybridized carbons (Fsp3) is 0.600. The first-order chi connectivity index (χ1) is 6.47. The van der Waals surface area contributed by atoms with Gasteiger partial charge in [-0.3, -0.25) is 4.79 Å². The summed E-state index contributed by atoms with van der Waals surface area (Å²) in [5, 5.41) is 9.41. The van der Waals surface area contributed by atoms with Crippen molar-refractivity contribution >= 4 is 11.8 Å². The molecule has 0 radical (unpaired) electrons. The van der Waals surface area contributed by atoms with Crippen LogP contribution in [0, 0.1) is 0 Å². The van der Waals surface area contributed by atoms with Crippen molar-refractivity contribution in [3.63, 3.8) is 0 Å². The van der Waals surface area contributed by atoms with Crippen LogP contribution in [0.25, 0.3) is 0 Å². The number of Topliss-reactive ketones (excluding diaryl/α,β-unsaturated/α-hetero) is 1. The highest BCUT2D eigenvalue weighted by atomic mass is 16.5. The van der Waals surface area contributed by atoms with Crippen LogP contribution in [0.1, 0.15) is 27.2 Å². The molecule has 0 aromatic rings. The number of carbonyl (C=O) groups excluding carboxylic acids is 2. The Morgan fingerprint density at radius 3 is 2.43 bits per heavy atom. The fourth-order valence-electron chi connectivity index (χ4n) is 0.899. The highest BCUT2D eigenvalue weighted by Gasteiger charge is 2.10. The molecule has 0 aliphatic carbocycles. The molecule has 0 fully saturated rings. The number of carbonyl (C=O) groups is 2. The molecule has 4 heteroatoms. The standard InChI is InChI=1S/C10H16O4/c1-4-14-10(13)5-7(2)9(12)6-8(3)11/h5,9,12H,4,6H2,1-3H3/b7-5+. The van der Waals surface area contributed by atoms with Gasteiger partial charge in [0, 0.05) is 12.5 Å². The summed E-state index contributed by atoms with van der Waals surface area (Å²) in [6, 6.07) is 0. The summed E-state index contributed by atoms with van der Waals surface area (Å²) in [5.41, 5.74) is 0.443. The summed E-state index contributed by atoms with van der Waals surface area (Å²) in [7, 11) is 0.